The monoisotopic (exact) mass is 484 g/mol. The van der Waals surface area contributed by atoms with Gasteiger partial charge in [0, 0.05) is 28.2 Å². The molecule has 1 aliphatic rings. The quantitative estimate of drug-likeness (QED) is 0.386. The summed E-state index contributed by atoms with van der Waals surface area (Å²) in [4.78, 5) is 15.7. The van der Waals surface area contributed by atoms with Crippen LogP contribution in [0.15, 0.2) is 53.2 Å². The largest absolute Gasteiger partial charge is 0.490 e. The zero-order valence-electron chi connectivity index (χ0n) is 18.7. The van der Waals surface area contributed by atoms with Gasteiger partial charge in [0.2, 0.25) is 11.7 Å². The molecule has 182 valence electrons. The Kier molecular flexibility index (Phi) is 5.96. The van der Waals surface area contributed by atoms with Crippen molar-refractivity contribution < 1.29 is 27.2 Å². The van der Waals surface area contributed by atoms with Crippen molar-refractivity contribution in [2.75, 3.05) is 0 Å². The Balaban J connectivity index is 1.47. The van der Waals surface area contributed by atoms with Crippen molar-refractivity contribution >= 4 is 16.8 Å². The second-order valence-corrected chi connectivity index (χ2v) is 8.66. The number of nitrogens with two attached hydrogens (primary N) is 1. The van der Waals surface area contributed by atoms with Gasteiger partial charge in [0.25, 0.3) is 5.89 Å². The summed E-state index contributed by atoms with van der Waals surface area (Å²) in [6, 6.07) is 11.0. The van der Waals surface area contributed by atoms with Gasteiger partial charge >= 0.3 is 6.18 Å². The highest BCUT2D eigenvalue weighted by atomic mass is 19.4. The molecule has 0 radical (unpaired) electrons. The molecule has 0 aliphatic heterocycles. The number of alkyl halides is 3. The average Bonchev–Trinajstić information content (AvgIpc) is 3.47. The van der Waals surface area contributed by atoms with Gasteiger partial charge in [-0.05, 0) is 56.0 Å². The zero-order valence-corrected chi connectivity index (χ0v) is 18.7. The van der Waals surface area contributed by atoms with Gasteiger partial charge in [-0.2, -0.15) is 18.2 Å². The van der Waals surface area contributed by atoms with E-state index < -0.39 is 17.6 Å². The fraction of sp³-hybridized carbons (Fsp3) is 0.320. The summed E-state index contributed by atoms with van der Waals surface area (Å²) in [5.41, 5.74) is 5.95. The molecule has 0 unspecified atom stereocenters. The number of nitrogens with zero attached hydrogens (tertiary/aromatic N) is 3. The van der Waals surface area contributed by atoms with Crippen LogP contribution in [0.2, 0.25) is 0 Å². The Morgan fingerprint density at radius 1 is 1.14 bits per heavy atom. The fourth-order valence-electron chi connectivity index (χ4n) is 4.52. The molecule has 5 rings (SSSR count). The van der Waals surface area contributed by atoms with Crippen LogP contribution in [0.3, 0.4) is 0 Å². The molecule has 0 bridgehead atoms. The van der Waals surface area contributed by atoms with Crippen LogP contribution < -0.4 is 10.5 Å². The molecule has 0 saturated heterocycles. The first-order chi connectivity index (χ1) is 16.8. The van der Waals surface area contributed by atoms with Crippen molar-refractivity contribution in [3.05, 3.63) is 54.2 Å². The van der Waals surface area contributed by atoms with Crippen LogP contribution in [0.5, 0.6) is 5.75 Å². The van der Waals surface area contributed by atoms with Crippen molar-refractivity contribution in [1.29, 1.82) is 0 Å². The Morgan fingerprint density at radius 2 is 1.94 bits per heavy atom. The molecule has 2 heterocycles. The first-order valence-corrected chi connectivity index (χ1v) is 11.4. The van der Waals surface area contributed by atoms with Crippen LogP contribution >= 0.6 is 0 Å². The minimum absolute atomic E-state index is 0.0138. The Labute approximate surface area is 198 Å². The van der Waals surface area contributed by atoms with E-state index in [1.807, 2.05) is 6.07 Å². The van der Waals surface area contributed by atoms with Crippen molar-refractivity contribution in [2.24, 2.45) is 5.73 Å². The number of fused-ring (bicyclic) bond motifs is 1. The van der Waals surface area contributed by atoms with Gasteiger partial charge < -0.3 is 19.6 Å². The van der Waals surface area contributed by atoms with Crippen molar-refractivity contribution in [3.8, 4) is 28.6 Å². The molecule has 7 nitrogen and oxygen atoms in total. The number of carbonyl (C=O) groups is 1. The van der Waals surface area contributed by atoms with E-state index in [0.717, 1.165) is 49.1 Å². The smallest absolute Gasteiger partial charge is 0.419 e. The maximum Gasteiger partial charge on any atom is 0.419 e. The van der Waals surface area contributed by atoms with Gasteiger partial charge in [0.05, 0.1) is 11.7 Å². The summed E-state index contributed by atoms with van der Waals surface area (Å²) >= 11 is 0. The van der Waals surface area contributed by atoms with Gasteiger partial charge in [-0.1, -0.05) is 23.7 Å². The highest BCUT2D eigenvalue weighted by Gasteiger charge is 2.36. The molecule has 35 heavy (non-hydrogen) atoms. The van der Waals surface area contributed by atoms with Gasteiger partial charge in [-0.25, -0.2) is 0 Å². The number of ether oxygens (including phenoxy) is 1. The maximum absolute atomic E-state index is 13.9. The lowest BCUT2D eigenvalue weighted by molar-refractivity contribution is -0.139. The van der Waals surface area contributed by atoms with E-state index >= 15 is 0 Å². The molecule has 1 saturated carbocycles. The van der Waals surface area contributed by atoms with Crippen LogP contribution in [-0.2, 0) is 17.5 Å². The number of primary amides is 1. The van der Waals surface area contributed by atoms with Gasteiger partial charge in [-0.15, -0.1) is 0 Å². The Hall–Kier alpha value is -3.82. The number of hydrogen-bond donors (Lipinski definition) is 1. The van der Waals surface area contributed by atoms with Crippen molar-refractivity contribution in [2.45, 2.75) is 50.9 Å². The Morgan fingerprint density at radius 3 is 2.69 bits per heavy atom. The van der Waals surface area contributed by atoms with E-state index in [1.165, 1.54) is 12.1 Å². The lowest BCUT2D eigenvalue weighted by Gasteiger charge is -2.25. The summed E-state index contributed by atoms with van der Waals surface area (Å²) in [5.74, 6) is -0.485. The molecule has 1 amide bonds. The fourth-order valence-corrected chi connectivity index (χ4v) is 4.52. The van der Waals surface area contributed by atoms with Crippen LogP contribution in [0.1, 0.15) is 37.7 Å². The molecule has 10 heteroatoms. The minimum atomic E-state index is -4.60. The number of aromatic nitrogens is 3. The molecule has 2 N–H and O–H groups in total. The van der Waals surface area contributed by atoms with Gasteiger partial charge in [-0.3, -0.25) is 4.79 Å². The summed E-state index contributed by atoms with van der Waals surface area (Å²) in [6.07, 6.45) is 1.39. The number of carbonyl (C=O) groups excluding carboxylic acids is 1. The standard InChI is InChI=1S/C25H23F3N4O3/c26-25(27,28)19-13-15(9-10-21(19)34-16-5-2-1-3-6-16)24-30-23(31-35-24)18-7-4-8-20-17(18)11-12-32(20)14-22(29)33/h4,7-13,16H,1-3,5-6,14H2,(H2,29,33). The molecule has 1 aliphatic carbocycles. The van der Waals surface area contributed by atoms with Crippen LogP contribution in [0.25, 0.3) is 33.7 Å². The molecular formula is C25H23F3N4O3. The molecular weight excluding hydrogens is 461 g/mol. The molecule has 0 spiro atoms. The summed E-state index contributed by atoms with van der Waals surface area (Å²) in [7, 11) is 0. The van der Waals surface area contributed by atoms with Crippen molar-refractivity contribution in [3.63, 3.8) is 0 Å². The third-order valence-electron chi connectivity index (χ3n) is 6.18. The lowest BCUT2D eigenvalue weighted by Crippen LogP contribution is -2.21. The Bertz CT molecular complexity index is 1370. The average molecular weight is 484 g/mol. The summed E-state index contributed by atoms with van der Waals surface area (Å²) in [6.45, 7) is 0.0138. The normalized spacial score (nSPS) is 14.9. The topological polar surface area (TPSA) is 96.2 Å². The zero-order chi connectivity index (χ0) is 24.6. The van der Waals surface area contributed by atoms with Crippen molar-refractivity contribution in [1.82, 2.24) is 14.7 Å². The molecule has 2 aromatic carbocycles. The molecule has 4 aromatic rings. The van der Waals surface area contributed by atoms with E-state index in [4.69, 9.17) is 15.0 Å². The van der Waals surface area contributed by atoms with Crippen LogP contribution in [0, 0.1) is 0 Å². The van der Waals surface area contributed by atoms with E-state index in [0.29, 0.717) is 5.56 Å². The van der Waals surface area contributed by atoms with Crippen LogP contribution in [-0.4, -0.2) is 26.7 Å². The summed E-state index contributed by atoms with van der Waals surface area (Å²) < 4.78 is 54.3. The second kappa shape index (κ2) is 9.09. The predicted octanol–water partition coefficient (Wildman–Crippen LogP) is 5.57. The number of benzene rings is 2. The predicted molar refractivity (Wildman–Crippen MR) is 122 cm³/mol. The molecule has 1 fully saturated rings. The van der Waals surface area contributed by atoms with E-state index in [1.54, 1.807) is 29.0 Å². The van der Waals surface area contributed by atoms with Crippen LogP contribution in [0.4, 0.5) is 13.2 Å². The SMILES string of the molecule is NC(=O)Cn1ccc2c(-c3noc(-c4ccc(OC5CCCCC5)c(C(F)(F)F)c4)n3)cccc21. The number of halogens is 3. The first-order valence-electron chi connectivity index (χ1n) is 11.4. The van der Waals surface area contributed by atoms with E-state index in [2.05, 4.69) is 10.1 Å². The van der Waals surface area contributed by atoms with E-state index in [-0.39, 0.29) is 35.7 Å². The number of amides is 1. The third-order valence-corrected chi connectivity index (χ3v) is 6.18. The van der Waals surface area contributed by atoms with Gasteiger partial charge in [0.1, 0.15) is 12.3 Å². The number of hydrogen-bond acceptors (Lipinski definition) is 5. The maximum atomic E-state index is 13.9. The second-order valence-electron chi connectivity index (χ2n) is 8.66. The van der Waals surface area contributed by atoms with E-state index in [9.17, 15) is 18.0 Å². The minimum Gasteiger partial charge on any atom is -0.490 e. The third kappa shape index (κ3) is 4.73. The summed E-state index contributed by atoms with van der Waals surface area (Å²) in [5, 5.41) is 4.75. The molecule has 2 aromatic heterocycles. The molecule has 0 atom stereocenters. The highest BCUT2D eigenvalue weighted by molar-refractivity contribution is 5.94. The number of rotatable bonds is 6. The first kappa shape index (κ1) is 22.9. The van der Waals surface area contributed by atoms with Gasteiger partial charge in [0.15, 0.2) is 0 Å². The lowest BCUT2D eigenvalue weighted by atomic mass is 9.97. The highest BCUT2D eigenvalue weighted by Crippen LogP contribution is 2.40.